The van der Waals surface area contributed by atoms with E-state index in [2.05, 4.69) is 89.1 Å². The molecule has 220 valence electrons. The van der Waals surface area contributed by atoms with Crippen LogP contribution in [0.2, 0.25) is 0 Å². The number of benzene rings is 2. The van der Waals surface area contributed by atoms with E-state index in [1.54, 1.807) is 0 Å². The summed E-state index contributed by atoms with van der Waals surface area (Å²) in [5, 5.41) is 10.2. The Bertz CT molecular complexity index is 1410. The number of anilines is 1. The molecule has 8 heteroatoms. The number of fused-ring (bicyclic) bond motifs is 1. The molecule has 2 unspecified atom stereocenters. The average molecular weight is 565 g/mol. The Hall–Kier alpha value is -4.17. The molecule has 1 aliphatic carbocycles. The van der Waals surface area contributed by atoms with Crippen LogP contribution < -0.4 is 21.7 Å². The molecule has 6 rings (SSSR count). The maximum Gasteiger partial charge on any atom is 0.179 e. The lowest BCUT2D eigenvalue weighted by Crippen LogP contribution is -2.18. The summed E-state index contributed by atoms with van der Waals surface area (Å²) in [4.78, 5) is 14.3. The number of hydrogen-bond donors (Lipinski definition) is 4. The van der Waals surface area contributed by atoms with Gasteiger partial charge in [0.1, 0.15) is 5.52 Å². The Morgan fingerprint density at radius 2 is 1.67 bits per heavy atom. The molecular weight excluding hydrogens is 520 g/mol. The van der Waals surface area contributed by atoms with Crippen LogP contribution in [-0.4, -0.2) is 45.7 Å². The molecule has 2 aliphatic rings. The molecule has 5 N–H and O–H groups in total. The first kappa shape index (κ1) is 29.3. The Kier molecular flexibility index (Phi) is 9.87. The van der Waals surface area contributed by atoms with Crippen molar-refractivity contribution in [3.63, 3.8) is 0 Å². The molecule has 0 bridgehead atoms. The van der Waals surface area contributed by atoms with Crippen LogP contribution in [0.4, 0.5) is 5.82 Å². The molecule has 0 radical (unpaired) electrons. The predicted octanol–water partition coefficient (Wildman–Crippen LogP) is 5.83. The van der Waals surface area contributed by atoms with Crippen molar-refractivity contribution in [3.8, 4) is 0 Å². The quantitative estimate of drug-likeness (QED) is 0.192. The van der Waals surface area contributed by atoms with E-state index in [4.69, 9.17) is 20.7 Å². The van der Waals surface area contributed by atoms with Crippen LogP contribution in [0.3, 0.4) is 0 Å². The normalized spacial score (nSPS) is 18.0. The lowest BCUT2D eigenvalue weighted by molar-refractivity contribution is 0.500. The topological polar surface area (TPSA) is 106 Å². The third-order valence-corrected chi connectivity index (χ3v) is 8.24. The summed E-state index contributed by atoms with van der Waals surface area (Å²) in [5.74, 6) is 1.70. The van der Waals surface area contributed by atoms with Crippen LogP contribution in [0.15, 0.2) is 85.8 Å². The minimum atomic E-state index is 0.145. The van der Waals surface area contributed by atoms with E-state index < -0.39 is 0 Å². The molecule has 1 aliphatic heterocycles. The third kappa shape index (κ3) is 6.99. The molecule has 0 amide bonds. The number of rotatable bonds is 10. The third-order valence-electron chi connectivity index (χ3n) is 8.24. The molecule has 2 aromatic heterocycles. The molecule has 3 heterocycles. The van der Waals surface area contributed by atoms with E-state index in [1.807, 2.05) is 18.5 Å². The van der Waals surface area contributed by atoms with Gasteiger partial charge >= 0.3 is 0 Å². The van der Waals surface area contributed by atoms with E-state index in [1.165, 1.54) is 37.1 Å². The van der Waals surface area contributed by atoms with Crippen molar-refractivity contribution < 1.29 is 0 Å². The van der Waals surface area contributed by atoms with Gasteiger partial charge in [0.25, 0.3) is 0 Å². The molecule has 4 aromatic rings. The highest BCUT2D eigenvalue weighted by Crippen LogP contribution is 2.39. The van der Waals surface area contributed by atoms with Crippen molar-refractivity contribution in [1.29, 1.82) is 0 Å². The van der Waals surface area contributed by atoms with Crippen LogP contribution >= 0.6 is 0 Å². The van der Waals surface area contributed by atoms with E-state index in [-0.39, 0.29) is 5.92 Å². The highest BCUT2D eigenvalue weighted by molar-refractivity contribution is 5.84. The molecule has 1 saturated heterocycles. The smallest absolute Gasteiger partial charge is 0.179 e. The van der Waals surface area contributed by atoms with Crippen molar-refractivity contribution in [2.45, 2.75) is 51.0 Å². The highest BCUT2D eigenvalue weighted by Gasteiger charge is 2.29. The largest absolute Gasteiger partial charge is 0.396 e. The summed E-state index contributed by atoms with van der Waals surface area (Å²) < 4.78 is 2.18. The first-order chi connectivity index (χ1) is 20.5. The van der Waals surface area contributed by atoms with Gasteiger partial charge in [0, 0.05) is 36.7 Å². The number of allylic oxidation sites excluding steroid dienone is 1. The zero-order valence-corrected chi connectivity index (χ0v) is 24.7. The molecule has 2 atom stereocenters. The van der Waals surface area contributed by atoms with Crippen molar-refractivity contribution in [3.05, 3.63) is 103 Å². The Labute approximate surface area is 249 Å². The minimum absolute atomic E-state index is 0.145. The van der Waals surface area contributed by atoms with Crippen LogP contribution in [-0.2, 0) is 0 Å². The summed E-state index contributed by atoms with van der Waals surface area (Å²) >= 11 is 0. The molecule has 1 saturated carbocycles. The van der Waals surface area contributed by atoms with Crippen molar-refractivity contribution >= 4 is 22.7 Å². The SMILES string of the molecule is C1CCNC1.C=C(N)c1nc(NCC(c2ccccc2)c2ccccc2)c2ncn(C3CCC(C(=C)NCC)C3)c2n1. The summed E-state index contributed by atoms with van der Waals surface area (Å²) in [6, 6.07) is 21.3. The van der Waals surface area contributed by atoms with Gasteiger partial charge in [-0.3, -0.25) is 0 Å². The zero-order valence-electron chi connectivity index (χ0n) is 24.7. The van der Waals surface area contributed by atoms with Gasteiger partial charge < -0.3 is 26.3 Å². The molecule has 2 fully saturated rings. The Morgan fingerprint density at radius 1 is 1.00 bits per heavy atom. The Balaban J connectivity index is 0.000000639. The van der Waals surface area contributed by atoms with Gasteiger partial charge in [-0.05, 0) is 63.2 Å². The van der Waals surface area contributed by atoms with E-state index >= 15 is 0 Å². The lowest BCUT2D eigenvalue weighted by atomic mass is 9.91. The molecule has 8 nitrogen and oxygen atoms in total. The second kappa shape index (κ2) is 14.1. The fraction of sp³-hybridized carbons (Fsp3) is 0.382. The summed E-state index contributed by atoms with van der Waals surface area (Å²) in [5.41, 5.74) is 11.5. The summed E-state index contributed by atoms with van der Waals surface area (Å²) in [6.45, 7) is 14.3. The number of nitrogens with one attached hydrogen (secondary N) is 3. The summed E-state index contributed by atoms with van der Waals surface area (Å²) in [6.07, 6.45) is 7.82. The fourth-order valence-corrected chi connectivity index (χ4v) is 5.97. The van der Waals surface area contributed by atoms with Gasteiger partial charge in [-0.2, -0.15) is 0 Å². The van der Waals surface area contributed by atoms with E-state index in [9.17, 15) is 0 Å². The first-order valence-electron chi connectivity index (χ1n) is 15.2. The number of nitrogens with zero attached hydrogens (tertiary/aromatic N) is 4. The first-order valence-corrected chi connectivity index (χ1v) is 15.2. The van der Waals surface area contributed by atoms with E-state index in [0.717, 1.165) is 42.7 Å². The van der Waals surface area contributed by atoms with Gasteiger partial charge in [-0.1, -0.05) is 73.8 Å². The average Bonchev–Trinajstić information content (AvgIpc) is 3.81. The number of hydrogen-bond acceptors (Lipinski definition) is 7. The van der Waals surface area contributed by atoms with Gasteiger partial charge in [-0.25, -0.2) is 15.0 Å². The molecule has 2 aromatic carbocycles. The fourth-order valence-electron chi connectivity index (χ4n) is 5.97. The maximum atomic E-state index is 6.08. The van der Waals surface area contributed by atoms with Crippen molar-refractivity contribution in [2.75, 3.05) is 31.5 Å². The number of aromatic nitrogens is 4. The zero-order chi connectivity index (χ0) is 29.3. The van der Waals surface area contributed by atoms with Gasteiger partial charge in [0.05, 0.1) is 12.0 Å². The second-order valence-corrected chi connectivity index (χ2v) is 11.2. The second-order valence-electron chi connectivity index (χ2n) is 11.2. The van der Waals surface area contributed by atoms with Crippen LogP contribution in [0.1, 0.15) is 67.9 Å². The Morgan fingerprint density at radius 3 is 2.24 bits per heavy atom. The summed E-state index contributed by atoms with van der Waals surface area (Å²) in [7, 11) is 0. The van der Waals surface area contributed by atoms with Gasteiger partial charge in [0.15, 0.2) is 17.3 Å². The standard InChI is InChI=1S/C30H35N7.C4H9N/c1-4-32-21(3)24-15-16-25(17-24)37-19-34-27-29(35-28(20(2)31)36-30(27)37)33-18-26(22-11-7-5-8-12-22)23-13-9-6-10-14-23;1-2-4-5-3-1/h5-14,19,24-26,32H,2-4,15-18,31H2,1H3,(H,33,35,36);5H,1-4H2. The van der Waals surface area contributed by atoms with Crippen molar-refractivity contribution in [1.82, 2.24) is 30.2 Å². The van der Waals surface area contributed by atoms with Crippen LogP contribution in [0.5, 0.6) is 0 Å². The molecule has 42 heavy (non-hydrogen) atoms. The number of nitrogens with two attached hydrogens (primary N) is 1. The van der Waals surface area contributed by atoms with Crippen molar-refractivity contribution in [2.24, 2.45) is 11.7 Å². The van der Waals surface area contributed by atoms with E-state index in [0.29, 0.717) is 35.8 Å². The maximum absolute atomic E-state index is 6.08. The predicted molar refractivity (Wildman–Crippen MR) is 173 cm³/mol. The lowest BCUT2D eigenvalue weighted by Gasteiger charge is -2.20. The highest BCUT2D eigenvalue weighted by atomic mass is 15.2. The monoisotopic (exact) mass is 564 g/mol. The molecular formula is C34H44N8. The van der Waals surface area contributed by atoms with Crippen LogP contribution in [0, 0.1) is 5.92 Å². The van der Waals surface area contributed by atoms with Gasteiger partial charge in [0.2, 0.25) is 0 Å². The van der Waals surface area contributed by atoms with Crippen LogP contribution in [0.25, 0.3) is 16.9 Å². The number of imidazole rings is 1. The minimum Gasteiger partial charge on any atom is -0.396 e. The molecule has 0 spiro atoms. The van der Waals surface area contributed by atoms with Gasteiger partial charge in [-0.15, -0.1) is 0 Å².